The van der Waals surface area contributed by atoms with Gasteiger partial charge in [-0.25, -0.2) is 0 Å². The van der Waals surface area contributed by atoms with Crippen molar-refractivity contribution in [2.75, 3.05) is 12.3 Å². The first-order chi connectivity index (χ1) is 15.1. The fourth-order valence-electron chi connectivity index (χ4n) is 3.74. The summed E-state index contributed by atoms with van der Waals surface area (Å²) in [5.74, 6) is 0.736. The third-order valence-corrected chi connectivity index (χ3v) is 7.38. The van der Waals surface area contributed by atoms with Crippen LogP contribution >= 0.6 is 23.4 Å². The second-order valence-corrected chi connectivity index (χ2v) is 11.3. The summed E-state index contributed by atoms with van der Waals surface area (Å²) in [6.45, 7) is 11.4. The Morgan fingerprint density at radius 2 is 1.78 bits per heavy atom. The number of halogens is 1. The van der Waals surface area contributed by atoms with E-state index in [1.807, 2.05) is 0 Å². The van der Waals surface area contributed by atoms with Gasteiger partial charge in [-0.3, -0.25) is 9.59 Å². The van der Waals surface area contributed by atoms with Crippen LogP contribution in [0.15, 0.2) is 48.5 Å². The fourth-order valence-corrected chi connectivity index (χ4v) is 5.38. The largest absolute Gasteiger partial charge is 0.354 e. The molecule has 6 heteroatoms. The van der Waals surface area contributed by atoms with E-state index >= 15 is 0 Å². The smallest absolute Gasteiger partial charge is 0.257 e. The number of nitrogens with one attached hydrogen (secondary N) is 1. The maximum atomic E-state index is 13.6. The molecule has 4 nitrogen and oxygen atoms in total. The Bertz CT molecular complexity index is 953. The van der Waals surface area contributed by atoms with Crippen molar-refractivity contribution in [3.8, 4) is 0 Å². The van der Waals surface area contributed by atoms with E-state index in [4.69, 9.17) is 11.6 Å². The number of amides is 2. The molecule has 3 rings (SSSR count). The maximum Gasteiger partial charge on any atom is 0.257 e. The fraction of sp³-hybridized carbons (Fsp3) is 0.462. The SMILES string of the molecule is CC(C)CCNC(=O)C1CSC(c2ccc(C(C)(C)C)cc2)N1C(=O)c1ccccc1Cl. The Labute approximate surface area is 201 Å². The van der Waals surface area contributed by atoms with E-state index in [1.54, 1.807) is 40.9 Å². The molecule has 1 aliphatic heterocycles. The number of hydrogen-bond acceptors (Lipinski definition) is 3. The first-order valence-electron chi connectivity index (χ1n) is 11.2. The lowest BCUT2D eigenvalue weighted by Crippen LogP contribution is -2.48. The summed E-state index contributed by atoms with van der Waals surface area (Å²) in [6.07, 6.45) is 0.905. The third kappa shape index (κ3) is 5.68. The van der Waals surface area contributed by atoms with Crippen LogP contribution < -0.4 is 5.32 Å². The van der Waals surface area contributed by atoms with Gasteiger partial charge in [-0.05, 0) is 41.0 Å². The first-order valence-corrected chi connectivity index (χ1v) is 12.6. The molecular weight excluding hydrogens is 440 g/mol. The van der Waals surface area contributed by atoms with Crippen molar-refractivity contribution in [1.29, 1.82) is 0 Å². The molecule has 0 aliphatic carbocycles. The van der Waals surface area contributed by atoms with Crippen molar-refractivity contribution >= 4 is 35.2 Å². The van der Waals surface area contributed by atoms with E-state index in [1.165, 1.54) is 5.56 Å². The first kappa shape index (κ1) is 24.7. The molecule has 2 aromatic rings. The molecule has 2 aromatic carbocycles. The van der Waals surface area contributed by atoms with E-state index in [0.717, 1.165) is 12.0 Å². The zero-order valence-electron chi connectivity index (χ0n) is 19.5. The molecule has 32 heavy (non-hydrogen) atoms. The van der Waals surface area contributed by atoms with Gasteiger partial charge in [-0.1, -0.05) is 82.6 Å². The van der Waals surface area contributed by atoms with Crippen LogP contribution in [0.4, 0.5) is 0 Å². The Morgan fingerprint density at radius 1 is 1.12 bits per heavy atom. The molecule has 1 saturated heterocycles. The Hall–Kier alpha value is -1.98. The summed E-state index contributed by atoms with van der Waals surface area (Å²) in [5.41, 5.74) is 2.72. The van der Waals surface area contributed by atoms with Crippen LogP contribution in [-0.2, 0) is 10.2 Å². The monoisotopic (exact) mass is 472 g/mol. The summed E-state index contributed by atoms with van der Waals surface area (Å²) in [5, 5.41) is 3.19. The molecule has 1 aliphatic rings. The summed E-state index contributed by atoms with van der Waals surface area (Å²) in [6, 6.07) is 14.9. The highest BCUT2D eigenvalue weighted by atomic mass is 35.5. The highest BCUT2D eigenvalue weighted by Crippen LogP contribution is 2.43. The molecule has 0 spiro atoms. The van der Waals surface area contributed by atoms with Gasteiger partial charge < -0.3 is 10.2 Å². The van der Waals surface area contributed by atoms with Gasteiger partial charge in [0.05, 0.1) is 10.6 Å². The Morgan fingerprint density at radius 3 is 2.38 bits per heavy atom. The summed E-state index contributed by atoms with van der Waals surface area (Å²) < 4.78 is 0. The summed E-state index contributed by atoms with van der Waals surface area (Å²) >= 11 is 7.98. The average Bonchev–Trinajstić information content (AvgIpc) is 3.18. The second kappa shape index (κ2) is 10.3. The lowest BCUT2D eigenvalue weighted by molar-refractivity contribution is -0.124. The number of carbonyl (C=O) groups excluding carboxylic acids is 2. The highest BCUT2D eigenvalue weighted by Gasteiger charge is 2.43. The van der Waals surface area contributed by atoms with Gasteiger partial charge in [0.15, 0.2) is 0 Å². The van der Waals surface area contributed by atoms with E-state index in [0.29, 0.717) is 28.8 Å². The number of hydrogen-bond donors (Lipinski definition) is 1. The zero-order valence-corrected chi connectivity index (χ0v) is 21.1. The van der Waals surface area contributed by atoms with Gasteiger partial charge in [0.25, 0.3) is 5.91 Å². The molecule has 2 atom stereocenters. The lowest BCUT2D eigenvalue weighted by Gasteiger charge is -2.30. The number of benzene rings is 2. The number of nitrogens with zero attached hydrogens (tertiary/aromatic N) is 1. The van der Waals surface area contributed by atoms with Gasteiger partial charge in [0, 0.05) is 12.3 Å². The number of thioether (sulfide) groups is 1. The van der Waals surface area contributed by atoms with E-state index in [2.05, 4.69) is 64.2 Å². The lowest BCUT2D eigenvalue weighted by atomic mass is 9.86. The quantitative estimate of drug-likeness (QED) is 0.556. The minimum atomic E-state index is -0.539. The molecule has 1 heterocycles. The molecule has 0 bridgehead atoms. The van der Waals surface area contributed by atoms with Gasteiger partial charge in [-0.2, -0.15) is 0 Å². The highest BCUT2D eigenvalue weighted by molar-refractivity contribution is 7.99. The van der Waals surface area contributed by atoms with Crippen molar-refractivity contribution in [3.63, 3.8) is 0 Å². The van der Waals surface area contributed by atoms with Crippen LogP contribution in [0, 0.1) is 5.92 Å². The van der Waals surface area contributed by atoms with E-state index in [9.17, 15) is 9.59 Å². The molecule has 0 radical (unpaired) electrons. The van der Waals surface area contributed by atoms with Crippen LogP contribution in [0.3, 0.4) is 0 Å². The Balaban J connectivity index is 1.91. The standard InChI is InChI=1S/C26H33ClN2O2S/c1-17(2)14-15-28-23(30)22-16-32-25(18-10-12-19(13-11-18)26(3,4)5)29(22)24(31)20-8-6-7-9-21(20)27/h6-13,17,22,25H,14-16H2,1-5H3,(H,28,30). The zero-order chi connectivity index (χ0) is 23.5. The predicted molar refractivity (Wildman–Crippen MR) is 134 cm³/mol. The van der Waals surface area contributed by atoms with Crippen molar-refractivity contribution in [3.05, 3.63) is 70.2 Å². The predicted octanol–water partition coefficient (Wildman–Crippen LogP) is 6.06. The summed E-state index contributed by atoms with van der Waals surface area (Å²) in [4.78, 5) is 28.4. The van der Waals surface area contributed by atoms with Crippen LogP contribution in [0.2, 0.25) is 5.02 Å². The number of carbonyl (C=O) groups is 2. The van der Waals surface area contributed by atoms with Gasteiger partial charge in [-0.15, -0.1) is 11.8 Å². The summed E-state index contributed by atoms with van der Waals surface area (Å²) in [7, 11) is 0. The van der Waals surface area contributed by atoms with Crippen LogP contribution in [0.25, 0.3) is 0 Å². The molecule has 172 valence electrons. The van der Waals surface area contributed by atoms with Crippen molar-refractivity contribution in [2.45, 2.75) is 57.9 Å². The number of rotatable bonds is 6. The minimum absolute atomic E-state index is 0.0489. The molecular formula is C26H33ClN2O2S. The van der Waals surface area contributed by atoms with Crippen molar-refractivity contribution in [1.82, 2.24) is 10.2 Å². The molecule has 0 saturated carbocycles. The van der Waals surface area contributed by atoms with Crippen LogP contribution in [0.1, 0.15) is 67.9 Å². The Kier molecular flexibility index (Phi) is 7.94. The van der Waals surface area contributed by atoms with Gasteiger partial charge in [0.2, 0.25) is 5.91 Å². The third-order valence-electron chi connectivity index (χ3n) is 5.72. The molecule has 2 unspecified atom stereocenters. The van der Waals surface area contributed by atoms with E-state index in [-0.39, 0.29) is 22.6 Å². The molecule has 0 aromatic heterocycles. The van der Waals surface area contributed by atoms with E-state index < -0.39 is 6.04 Å². The molecule has 2 amide bonds. The van der Waals surface area contributed by atoms with Gasteiger partial charge in [0.1, 0.15) is 11.4 Å². The van der Waals surface area contributed by atoms with Crippen molar-refractivity contribution < 1.29 is 9.59 Å². The second-order valence-electron chi connectivity index (χ2n) is 9.74. The average molecular weight is 473 g/mol. The van der Waals surface area contributed by atoms with Crippen LogP contribution in [-0.4, -0.2) is 35.1 Å². The topological polar surface area (TPSA) is 49.4 Å². The maximum absolute atomic E-state index is 13.6. The molecule has 1 N–H and O–H groups in total. The van der Waals surface area contributed by atoms with Crippen molar-refractivity contribution in [2.24, 2.45) is 5.92 Å². The van der Waals surface area contributed by atoms with Gasteiger partial charge >= 0.3 is 0 Å². The minimum Gasteiger partial charge on any atom is -0.354 e. The van der Waals surface area contributed by atoms with Crippen LogP contribution in [0.5, 0.6) is 0 Å². The molecule has 1 fully saturated rings. The normalized spacial score (nSPS) is 18.8.